The fourth-order valence-electron chi connectivity index (χ4n) is 3.11. The van der Waals surface area contributed by atoms with Gasteiger partial charge in [-0.3, -0.25) is 4.79 Å². The zero-order valence-electron chi connectivity index (χ0n) is 16.5. The van der Waals surface area contributed by atoms with Gasteiger partial charge >= 0.3 is 5.97 Å². The molecule has 0 aliphatic carbocycles. The van der Waals surface area contributed by atoms with Crippen molar-refractivity contribution in [2.75, 3.05) is 6.61 Å². The normalized spacial score (nSPS) is 12.5. The highest BCUT2D eigenvalue weighted by Crippen LogP contribution is 2.21. The van der Waals surface area contributed by atoms with E-state index in [1.165, 1.54) is 12.1 Å². The van der Waals surface area contributed by atoms with Gasteiger partial charge in [0.25, 0.3) is 0 Å². The summed E-state index contributed by atoms with van der Waals surface area (Å²) in [4.78, 5) is 20.4. The molecule has 0 fully saturated rings. The predicted octanol–water partition coefficient (Wildman–Crippen LogP) is 4.48. The largest absolute Gasteiger partial charge is 0.481 e. The van der Waals surface area contributed by atoms with E-state index in [9.17, 15) is 9.18 Å². The lowest BCUT2D eigenvalue weighted by atomic mass is 9.96. The van der Waals surface area contributed by atoms with E-state index in [1.807, 2.05) is 41.1 Å². The van der Waals surface area contributed by atoms with Crippen LogP contribution in [0.1, 0.15) is 36.4 Å². The van der Waals surface area contributed by atoms with Crippen molar-refractivity contribution in [1.29, 1.82) is 0 Å². The van der Waals surface area contributed by atoms with Gasteiger partial charge < -0.3 is 14.5 Å². The number of benzene rings is 2. The van der Waals surface area contributed by atoms with Crippen molar-refractivity contribution in [3.8, 4) is 0 Å². The number of aliphatic carboxylic acids is 1. The van der Waals surface area contributed by atoms with Gasteiger partial charge in [0.05, 0.1) is 12.4 Å². The molecule has 30 heavy (non-hydrogen) atoms. The maximum Gasteiger partial charge on any atom is 0.303 e. The lowest BCUT2D eigenvalue weighted by Gasteiger charge is -2.21. The van der Waals surface area contributed by atoms with Gasteiger partial charge in [0.2, 0.25) is 0 Å². The van der Waals surface area contributed by atoms with Gasteiger partial charge in [-0.15, -0.1) is 0 Å². The topological polar surface area (TPSA) is 76.7 Å². The zero-order valence-corrected chi connectivity index (χ0v) is 16.5. The van der Waals surface area contributed by atoms with Gasteiger partial charge in [-0.2, -0.15) is 0 Å². The number of nitrogens with zero attached hydrogens (tertiary/aromatic N) is 3. The van der Waals surface area contributed by atoms with Gasteiger partial charge in [0.1, 0.15) is 18.1 Å². The van der Waals surface area contributed by atoms with Crippen LogP contribution in [-0.2, 0) is 16.1 Å². The third-order valence-electron chi connectivity index (χ3n) is 4.65. The molecule has 0 aliphatic heterocycles. The number of rotatable bonds is 11. The molecule has 1 N–H and O–H groups in total. The summed E-state index contributed by atoms with van der Waals surface area (Å²) in [5, 5.41) is 13.2. The average Bonchev–Trinajstić information content (AvgIpc) is 3.28. The first-order valence-corrected chi connectivity index (χ1v) is 9.82. The van der Waals surface area contributed by atoms with Crippen molar-refractivity contribution in [1.82, 2.24) is 9.55 Å². The van der Waals surface area contributed by atoms with Crippen LogP contribution < -0.4 is 0 Å². The minimum absolute atomic E-state index is 0.112. The Labute approximate surface area is 174 Å². The Morgan fingerprint density at radius 1 is 1.13 bits per heavy atom. The molecule has 0 amide bonds. The van der Waals surface area contributed by atoms with E-state index in [0.29, 0.717) is 25.9 Å². The molecule has 7 heteroatoms. The quantitative estimate of drug-likeness (QED) is 0.288. The van der Waals surface area contributed by atoms with Crippen molar-refractivity contribution in [3.05, 3.63) is 90.3 Å². The minimum Gasteiger partial charge on any atom is -0.481 e. The molecule has 3 aromatic rings. The molecule has 0 saturated heterocycles. The van der Waals surface area contributed by atoms with Gasteiger partial charge in [-0.05, 0) is 37.0 Å². The fraction of sp³-hybridized carbons (Fsp3) is 0.261. The maximum absolute atomic E-state index is 13.3. The van der Waals surface area contributed by atoms with Crippen LogP contribution in [0.15, 0.2) is 78.5 Å². The molecule has 0 radical (unpaired) electrons. The van der Waals surface area contributed by atoms with Gasteiger partial charge in [-0.1, -0.05) is 47.6 Å². The lowest BCUT2D eigenvalue weighted by molar-refractivity contribution is -0.137. The molecule has 0 aliphatic rings. The summed E-state index contributed by atoms with van der Waals surface area (Å²) in [6.45, 7) is 0.330. The Hall–Kier alpha value is -3.48. The van der Waals surface area contributed by atoms with E-state index in [0.717, 1.165) is 16.8 Å². The van der Waals surface area contributed by atoms with E-state index < -0.39 is 5.97 Å². The van der Waals surface area contributed by atoms with E-state index in [2.05, 4.69) is 10.1 Å². The Bertz CT molecular complexity index is 942. The van der Waals surface area contributed by atoms with Crippen molar-refractivity contribution < 1.29 is 19.1 Å². The molecule has 3 rings (SSSR count). The molecule has 0 bridgehead atoms. The minimum atomic E-state index is -0.817. The van der Waals surface area contributed by atoms with E-state index in [1.54, 1.807) is 24.7 Å². The smallest absolute Gasteiger partial charge is 0.303 e. The van der Waals surface area contributed by atoms with Gasteiger partial charge in [-0.25, -0.2) is 9.37 Å². The third kappa shape index (κ3) is 6.27. The molecule has 0 saturated carbocycles. The molecular weight excluding hydrogens is 385 g/mol. The second-order valence-electron chi connectivity index (χ2n) is 6.88. The monoisotopic (exact) mass is 409 g/mol. The Morgan fingerprint density at radius 2 is 1.90 bits per heavy atom. The van der Waals surface area contributed by atoms with E-state index in [-0.39, 0.29) is 18.3 Å². The summed E-state index contributed by atoms with van der Waals surface area (Å²) in [5.74, 6) is -1.09. The van der Waals surface area contributed by atoms with E-state index in [4.69, 9.17) is 9.94 Å². The number of hydrogen-bond donors (Lipinski definition) is 1. The number of unbranched alkanes of at least 4 members (excludes halogenated alkanes) is 1. The first kappa shape index (κ1) is 21.2. The SMILES string of the molecule is O=C(O)CCCCO/N=C(/c1ccccc1)C(Cc1ccc(F)cc1)n1ccnc1. The lowest BCUT2D eigenvalue weighted by Crippen LogP contribution is -2.22. The summed E-state index contributed by atoms with van der Waals surface area (Å²) in [6, 6.07) is 15.9. The second-order valence-corrected chi connectivity index (χ2v) is 6.88. The van der Waals surface area contributed by atoms with Crippen LogP contribution in [0.2, 0.25) is 0 Å². The number of halogens is 1. The van der Waals surface area contributed by atoms with Gasteiger partial charge in [0.15, 0.2) is 0 Å². The number of carboxylic acid groups (broad SMARTS) is 1. The predicted molar refractivity (Wildman–Crippen MR) is 112 cm³/mol. The number of aromatic nitrogens is 2. The number of imidazole rings is 1. The molecule has 2 aromatic carbocycles. The Balaban J connectivity index is 1.84. The fourth-order valence-corrected chi connectivity index (χ4v) is 3.11. The number of oxime groups is 1. The molecule has 156 valence electrons. The van der Waals surface area contributed by atoms with Crippen LogP contribution in [-0.4, -0.2) is 32.9 Å². The van der Waals surface area contributed by atoms with Crippen LogP contribution >= 0.6 is 0 Å². The molecule has 1 aromatic heterocycles. The number of carboxylic acids is 1. The highest BCUT2D eigenvalue weighted by atomic mass is 19.1. The van der Waals surface area contributed by atoms with Crippen molar-refractivity contribution in [3.63, 3.8) is 0 Å². The average molecular weight is 409 g/mol. The standard InChI is InChI=1S/C23H24FN3O3/c24-20-11-9-18(10-12-20)16-21(27-14-13-25-17-27)23(19-6-2-1-3-7-19)26-30-15-5-4-8-22(28)29/h1-3,6-7,9-14,17,21H,4-5,8,15-16H2,(H,28,29)/b26-23-. The zero-order chi connectivity index (χ0) is 21.2. The number of carbonyl (C=O) groups is 1. The summed E-state index contributed by atoms with van der Waals surface area (Å²) in [6.07, 6.45) is 7.11. The molecular formula is C23H24FN3O3. The highest BCUT2D eigenvalue weighted by Gasteiger charge is 2.21. The first-order valence-electron chi connectivity index (χ1n) is 9.82. The van der Waals surface area contributed by atoms with Crippen LogP contribution in [0.25, 0.3) is 0 Å². The van der Waals surface area contributed by atoms with Crippen molar-refractivity contribution in [2.24, 2.45) is 5.16 Å². The summed E-state index contributed by atoms with van der Waals surface area (Å²) in [7, 11) is 0. The van der Waals surface area contributed by atoms with E-state index >= 15 is 0 Å². The third-order valence-corrected chi connectivity index (χ3v) is 4.65. The summed E-state index contributed by atoms with van der Waals surface area (Å²) < 4.78 is 15.3. The van der Waals surface area contributed by atoms with Crippen LogP contribution in [0.5, 0.6) is 0 Å². The molecule has 6 nitrogen and oxygen atoms in total. The Morgan fingerprint density at radius 3 is 2.57 bits per heavy atom. The van der Waals surface area contributed by atoms with Gasteiger partial charge in [0, 0.05) is 24.4 Å². The van der Waals surface area contributed by atoms with Crippen LogP contribution in [0.4, 0.5) is 4.39 Å². The molecule has 0 spiro atoms. The van der Waals surface area contributed by atoms with Crippen LogP contribution in [0, 0.1) is 5.82 Å². The van der Waals surface area contributed by atoms with Crippen molar-refractivity contribution >= 4 is 11.7 Å². The molecule has 1 heterocycles. The Kier molecular flexibility index (Phi) is 7.71. The number of hydrogen-bond acceptors (Lipinski definition) is 4. The maximum atomic E-state index is 13.3. The second kappa shape index (κ2) is 10.9. The summed E-state index contributed by atoms with van der Waals surface area (Å²) >= 11 is 0. The first-order chi connectivity index (χ1) is 14.6. The van der Waals surface area contributed by atoms with Crippen molar-refractivity contribution in [2.45, 2.75) is 31.7 Å². The highest BCUT2D eigenvalue weighted by molar-refractivity contribution is 6.03. The summed E-state index contributed by atoms with van der Waals surface area (Å²) in [5.41, 5.74) is 2.58. The molecule has 1 unspecified atom stereocenters. The molecule has 1 atom stereocenters. The van der Waals surface area contributed by atoms with Crippen LogP contribution in [0.3, 0.4) is 0 Å².